The van der Waals surface area contributed by atoms with Crippen LogP contribution in [0, 0.1) is 17.2 Å². The van der Waals surface area contributed by atoms with E-state index in [9.17, 15) is 0 Å². The molecule has 1 aromatic rings. The van der Waals surface area contributed by atoms with Gasteiger partial charge in [-0.1, -0.05) is 12.8 Å². The highest BCUT2D eigenvalue weighted by atomic mass is 15.2. The van der Waals surface area contributed by atoms with Gasteiger partial charge in [0.25, 0.3) is 0 Å². The lowest BCUT2D eigenvalue weighted by atomic mass is 9.96. The summed E-state index contributed by atoms with van der Waals surface area (Å²) < 4.78 is 0. The molecule has 3 heteroatoms. The van der Waals surface area contributed by atoms with E-state index < -0.39 is 0 Å². The number of rotatable bonds is 2. The molecule has 3 nitrogen and oxygen atoms in total. The van der Waals surface area contributed by atoms with Gasteiger partial charge in [-0.25, -0.2) is 4.98 Å². The quantitative estimate of drug-likeness (QED) is 0.798. The summed E-state index contributed by atoms with van der Waals surface area (Å²) in [4.78, 5) is 6.91. The van der Waals surface area contributed by atoms with Crippen molar-refractivity contribution >= 4 is 5.82 Å². The van der Waals surface area contributed by atoms with Gasteiger partial charge in [0.15, 0.2) is 0 Å². The maximum absolute atomic E-state index is 8.99. The van der Waals surface area contributed by atoms with Crippen LogP contribution in [0.1, 0.15) is 44.1 Å². The summed E-state index contributed by atoms with van der Waals surface area (Å²) in [7, 11) is 0. The molecular weight excluding hydrogens is 222 g/mol. The monoisotopic (exact) mass is 241 g/mol. The number of anilines is 1. The van der Waals surface area contributed by atoms with Gasteiger partial charge in [0.1, 0.15) is 5.82 Å². The van der Waals surface area contributed by atoms with Gasteiger partial charge in [0.2, 0.25) is 0 Å². The molecule has 1 unspecified atom stereocenters. The highest BCUT2D eigenvalue weighted by Crippen LogP contribution is 2.37. The summed E-state index contributed by atoms with van der Waals surface area (Å²) in [6.07, 6.45) is 9.85. The van der Waals surface area contributed by atoms with Crippen LogP contribution >= 0.6 is 0 Å². The standard InChI is InChI=1S/C15H19N3/c16-11-12-7-8-17-15(10-12)18-9-3-6-14(18)13-4-1-2-5-13/h7-8,10,13-14H,1-6,9H2. The van der Waals surface area contributed by atoms with Crippen molar-refractivity contribution in [1.29, 1.82) is 5.26 Å². The molecule has 1 aromatic heterocycles. The summed E-state index contributed by atoms with van der Waals surface area (Å²) >= 11 is 0. The maximum atomic E-state index is 8.99. The minimum Gasteiger partial charge on any atom is -0.353 e. The lowest BCUT2D eigenvalue weighted by molar-refractivity contribution is 0.429. The van der Waals surface area contributed by atoms with Crippen LogP contribution < -0.4 is 4.90 Å². The predicted molar refractivity (Wildman–Crippen MR) is 71.3 cm³/mol. The van der Waals surface area contributed by atoms with Crippen molar-refractivity contribution in [1.82, 2.24) is 4.98 Å². The Balaban J connectivity index is 1.83. The number of nitrogens with zero attached hydrogens (tertiary/aromatic N) is 3. The van der Waals surface area contributed by atoms with Crippen molar-refractivity contribution in [3.05, 3.63) is 23.9 Å². The Labute approximate surface area is 108 Å². The zero-order chi connectivity index (χ0) is 12.4. The summed E-state index contributed by atoms with van der Waals surface area (Å²) in [5, 5.41) is 8.99. The first-order chi connectivity index (χ1) is 8.88. The maximum Gasteiger partial charge on any atom is 0.130 e. The van der Waals surface area contributed by atoms with Crippen LogP contribution in [-0.2, 0) is 0 Å². The average Bonchev–Trinajstić information content (AvgIpc) is 3.09. The number of hydrogen-bond donors (Lipinski definition) is 0. The minimum atomic E-state index is 0.661. The fraction of sp³-hybridized carbons (Fsp3) is 0.600. The molecule has 3 rings (SSSR count). The molecule has 2 aliphatic rings. The van der Waals surface area contributed by atoms with Crippen LogP contribution in [0.4, 0.5) is 5.82 Å². The van der Waals surface area contributed by atoms with Crippen molar-refractivity contribution in [3.8, 4) is 6.07 Å². The van der Waals surface area contributed by atoms with Crippen molar-refractivity contribution < 1.29 is 0 Å². The number of nitriles is 1. The molecule has 2 fully saturated rings. The molecule has 1 aliphatic heterocycles. The van der Waals surface area contributed by atoms with Gasteiger partial charge >= 0.3 is 0 Å². The zero-order valence-electron chi connectivity index (χ0n) is 10.7. The Morgan fingerprint density at radius 3 is 2.83 bits per heavy atom. The van der Waals surface area contributed by atoms with Crippen molar-refractivity contribution in [2.75, 3.05) is 11.4 Å². The third kappa shape index (κ3) is 2.08. The summed E-state index contributed by atoms with van der Waals surface area (Å²) in [5.74, 6) is 1.85. The van der Waals surface area contributed by atoms with Crippen LogP contribution in [0.3, 0.4) is 0 Å². The smallest absolute Gasteiger partial charge is 0.130 e. The topological polar surface area (TPSA) is 39.9 Å². The van der Waals surface area contributed by atoms with E-state index in [1.165, 1.54) is 38.5 Å². The Morgan fingerprint density at radius 1 is 1.22 bits per heavy atom. The van der Waals surface area contributed by atoms with Gasteiger partial charge in [-0.3, -0.25) is 0 Å². The van der Waals surface area contributed by atoms with Gasteiger partial charge in [-0.2, -0.15) is 5.26 Å². The third-order valence-electron chi connectivity index (χ3n) is 4.41. The number of aromatic nitrogens is 1. The molecule has 18 heavy (non-hydrogen) atoms. The highest BCUT2D eigenvalue weighted by molar-refractivity contribution is 5.46. The molecule has 1 aliphatic carbocycles. The molecule has 2 heterocycles. The largest absolute Gasteiger partial charge is 0.353 e. The van der Waals surface area contributed by atoms with Crippen LogP contribution in [0.15, 0.2) is 18.3 Å². The Morgan fingerprint density at radius 2 is 2.06 bits per heavy atom. The lowest BCUT2D eigenvalue weighted by Crippen LogP contribution is -2.35. The van der Waals surface area contributed by atoms with E-state index in [1.807, 2.05) is 6.07 Å². The first-order valence-corrected chi connectivity index (χ1v) is 7.01. The van der Waals surface area contributed by atoms with E-state index in [1.54, 1.807) is 12.3 Å². The first-order valence-electron chi connectivity index (χ1n) is 7.01. The molecule has 94 valence electrons. The Hall–Kier alpha value is -1.56. The second-order valence-corrected chi connectivity index (χ2v) is 5.46. The molecule has 1 saturated heterocycles. The molecule has 0 radical (unpaired) electrons. The molecule has 0 amide bonds. The van der Waals surface area contributed by atoms with Crippen molar-refractivity contribution in [3.63, 3.8) is 0 Å². The summed E-state index contributed by atoms with van der Waals surface area (Å²) in [5.41, 5.74) is 0.720. The normalized spacial score (nSPS) is 24.4. The SMILES string of the molecule is N#Cc1ccnc(N2CCCC2C2CCCC2)c1. The average molecular weight is 241 g/mol. The Bertz CT molecular complexity index is 457. The van der Waals surface area contributed by atoms with Gasteiger partial charge in [0.05, 0.1) is 11.6 Å². The molecule has 0 N–H and O–H groups in total. The van der Waals surface area contributed by atoms with Gasteiger partial charge < -0.3 is 4.90 Å². The van der Waals surface area contributed by atoms with E-state index in [0.717, 1.165) is 23.8 Å². The molecule has 1 saturated carbocycles. The second kappa shape index (κ2) is 4.97. The van der Waals surface area contributed by atoms with Crippen LogP contribution in [0.25, 0.3) is 0 Å². The van der Waals surface area contributed by atoms with E-state index in [4.69, 9.17) is 5.26 Å². The first kappa shape index (κ1) is 11.5. The van der Waals surface area contributed by atoms with Crippen molar-refractivity contribution in [2.24, 2.45) is 5.92 Å². The van der Waals surface area contributed by atoms with E-state index >= 15 is 0 Å². The summed E-state index contributed by atoms with van der Waals surface area (Å²) in [6, 6.07) is 6.59. The number of hydrogen-bond acceptors (Lipinski definition) is 3. The van der Waals surface area contributed by atoms with Gasteiger partial charge in [-0.05, 0) is 43.7 Å². The highest BCUT2D eigenvalue weighted by Gasteiger charge is 2.33. The van der Waals surface area contributed by atoms with E-state index in [0.29, 0.717) is 6.04 Å². The van der Waals surface area contributed by atoms with E-state index in [-0.39, 0.29) is 0 Å². The fourth-order valence-corrected chi connectivity index (χ4v) is 3.55. The minimum absolute atomic E-state index is 0.661. The van der Waals surface area contributed by atoms with Crippen LogP contribution in [-0.4, -0.2) is 17.6 Å². The number of pyridine rings is 1. The molecule has 0 aromatic carbocycles. The zero-order valence-corrected chi connectivity index (χ0v) is 10.7. The fourth-order valence-electron chi connectivity index (χ4n) is 3.55. The van der Waals surface area contributed by atoms with Gasteiger partial charge in [0, 0.05) is 18.8 Å². The predicted octanol–water partition coefficient (Wildman–Crippen LogP) is 3.11. The van der Waals surface area contributed by atoms with E-state index in [2.05, 4.69) is 16.0 Å². The van der Waals surface area contributed by atoms with Crippen LogP contribution in [0.2, 0.25) is 0 Å². The molecular formula is C15H19N3. The lowest BCUT2D eigenvalue weighted by Gasteiger charge is -2.30. The molecule has 0 spiro atoms. The van der Waals surface area contributed by atoms with Crippen molar-refractivity contribution in [2.45, 2.75) is 44.6 Å². The summed E-state index contributed by atoms with van der Waals surface area (Å²) in [6.45, 7) is 1.10. The van der Waals surface area contributed by atoms with Gasteiger partial charge in [-0.15, -0.1) is 0 Å². The van der Waals surface area contributed by atoms with Crippen LogP contribution in [0.5, 0.6) is 0 Å². The molecule has 0 bridgehead atoms. The third-order valence-corrected chi connectivity index (χ3v) is 4.41. The second-order valence-electron chi connectivity index (χ2n) is 5.46. The Kier molecular flexibility index (Phi) is 3.19. The molecule has 1 atom stereocenters.